The van der Waals surface area contributed by atoms with Gasteiger partial charge in [0, 0.05) is 45.2 Å². The number of carbonyl (C=O) groups is 1. The minimum Gasteiger partial charge on any atom is -0.355 e. The Kier molecular flexibility index (Phi) is 5.24. The molecule has 2 fully saturated rings. The summed E-state index contributed by atoms with van der Waals surface area (Å²) in [5, 5.41) is 7.52. The first-order valence-corrected chi connectivity index (χ1v) is 8.57. The highest BCUT2D eigenvalue weighted by Crippen LogP contribution is 2.50. The van der Waals surface area contributed by atoms with Crippen LogP contribution in [0, 0.1) is 5.92 Å². The van der Waals surface area contributed by atoms with Crippen molar-refractivity contribution in [1.29, 1.82) is 0 Å². The zero-order valence-corrected chi connectivity index (χ0v) is 14.0. The van der Waals surface area contributed by atoms with Crippen LogP contribution in [0.15, 0.2) is 18.2 Å². The number of halogens is 2. The molecule has 2 aliphatic rings. The molecule has 2 atom stereocenters. The molecule has 22 heavy (non-hydrogen) atoms. The smallest absolute Gasteiger partial charge is 0.223 e. The second-order valence-electron chi connectivity index (χ2n) is 5.97. The number of carbonyl (C=O) groups excluding carboxylic acids is 1. The highest BCUT2D eigenvalue weighted by molar-refractivity contribution is 6.42. The van der Waals surface area contributed by atoms with Crippen LogP contribution in [0.2, 0.25) is 10.0 Å². The van der Waals surface area contributed by atoms with Crippen molar-refractivity contribution >= 4 is 29.1 Å². The zero-order valence-electron chi connectivity index (χ0n) is 12.4. The Morgan fingerprint density at radius 2 is 2.09 bits per heavy atom. The molecular formula is C16H21Cl2N3O. The maximum absolute atomic E-state index is 12.2. The van der Waals surface area contributed by atoms with Crippen LogP contribution < -0.4 is 10.6 Å². The van der Waals surface area contributed by atoms with Crippen molar-refractivity contribution in [3.8, 4) is 0 Å². The summed E-state index contributed by atoms with van der Waals surface area (Å²) >= 11 is 12.3. The van der Waals surface area contributed by atoms with Gasteiger partial charge in [-0.15, -0.1) is 0 Å². The molecular weight excluding hydrogens is 321 g/mol. The van der Waals surface area contributed by atoms with Crippen molar-refractivity contribution in [3.63, 3.8) is 0 Å². The van der Waals surface area contributed by atoms with Crippen molar-refractivity contribution in [2.24, 2.45) is 5.92 Å². The number of nitrogens with one attached hydrogen (secondary N) is 2. The summed E-state index contributed by atoms with van der Waals surface area (Å²) in [4.78, 5) is 14.6. The van der Waals surface area contributed by atoms with E-state index < -0.39 is 0 Å². The molecule has 0 spiro atoms. The van der Waals surface area contributed by atoms with E-state index in [2.05, 4.69) is 15.5 Å². The molecule has 1 aliphatic carbocycles. The Balaban J connectivity index is 1.45. The Morgan fingerprint density at radius 3 is 2.86 bits per heavy atom. The monoisotopic (exact) mass is 341 g/mol. The lowest BCUT2D eigenvalue weighted by molar-refractivity contribution is -0.122. The van der Waals surface area contributed by atoms with Crippen LogP contribution >= 0.6 is 23.2 Å². The molecule has 1 aromatic rings. The standard InChI is InChI=1S/C16H21Cl2N3O/c17-14-3-1-2-11(15(14)18)12-10-13(12)16(22)20-6-9-21-7-4-19-5-8-21/h1-3,12-13,19H,4-10H2,(H,20,22). The summed E-state index contributed by atoms with van der Waals surface area (Å²) in [6, 6.07) is 5.63. The largest absolute Gasteiger partial charge is 0.355 e. The van der Waals surface area contributed by atoms with Gasteiger partial charge >= 0.3 is 0 Å². The van der Waals surface area contributed by atoms with E-state index in [9.17, 15) is 4.79 Å². The van der Waals surface area contributed by atoms with E-state index >= 15 is 0 Å². The second kappa shape index (κ2) is 7.18. The van der Waals surface area contributed by atoms with Gasteiger partial charge in [0.1, 0.15) is 0 Å². The number of piperazine rings is 1. The van der Waals surface area contributed by atoms with Crippen LogP contribution in [0.5, 0.6) is 0 Å². The predicted molar refractivity (Wildman–Crippen MR) is 89.6 cm³/mol. The minimum atomic E-state index is 0.0407. The fraction of sp³-hybridized carbons (Fsp3) is 0.562. The molecule has 2 N–H and O–H groups in total. The molecule has 6 heteroatoms. The first kappa shape index (κ1) is 16.1. The molecule has 0 aromatic heterocycles. The third-order valence-electron chi connectivity index (χ3n) is 4.45. The van der Waals surface area contributed by atoms with Crippen LogP contribution in [0.25, 0.3) is 0 Å². The third-order valence-corrected chi connectivity index (χ3v) is 5.28. The SMILES string of the molecule is O=C(NCCN1CCNCC1)C1CC1c1cccc(Cl)c1Cl. The summed E-state index contributed by atoms with van der Waals surface area (Å²) < 4.78 is 0. The van der Waals surface area contributed by atoms with E-state index in [0.717, 1.165) is 44.7 Å². The van der Waals surface area contributed by atoms with Gasteiger partial charge in [-0.05, 0) is 24.0 Å². The van der Waals surface area contributed by atoms with E-state index in [4.69, 9.17) is 23.2 Å². The van der Waals surface area contributed by atoms with Gasteiger partial charge in [0.15, 0.2) is 0 Å². The van der Waals surface area contributed by atoms with E-state index in [1.165, 1.54) is 0 Å². The summed E-state index contributed by atoms with van der Waals surface area (Å²) in [5.74, 6) is 0.389. The quantitative estimate of drug-likeness (QED) is 0.862. The second-order valence-corrected chi connectivity index (χ2v) is 6.76. The molecule has 1 saturated heterocycles. The van der Waals surface area contributed by atoms with Crippen molar-refractivity contribution < 1.29 is 4.79 Å². The van der Waals surface area contributed by atoms with Gasteiger partial charge in [-0.3, -0.25) is 9.69 Å². The molecule has 1 saturated carbocycles. The van der Waals surface area contributed by atoms with Gasteiger partial charge < -0.3 is 10.6 Å². The molecule has 1 heterocycles. The van der Waals surface area contributed by atoms with E-state index in [1.54, 1.807) is 6.07 Å². The van der Waals surface area contributed by atoms with Gasteiger partial charge in [-0.2, -0.15) is 0 Å². The maximum atomic E-state index is 12.2. The molecule has 0 radical (unpaired) electrons. The Hall–Kier alpha value is -0.810. The van der Waals surface area contributed by atoms with Gasteiger partial charge in [0.2, 0.25) is 5.91 Å². The Morgan fingerprint density at radius 1 is 1.32 bits per heavy atom. The topological polar surface area (TPSA) is 44.4 Å². The van der Waals surface area contributed by atoms with Crippen LogP contribution in [-0.2, 0) is 4.79 Å². The first-order chi connectivity index (χ1) is 10.7. The summed E-state index contributed by atoms with van der Waals surface area (Å²) in [6.45, 7) is 5.81. The lowest BCUT2D eigenvalue weighted by atomic mass is 10.1. The zero-order chi connectivity index (χ0) is 15.5. The lowest BCUT2D eigenvalue weighted by Crippen LogP contribution is -2.46. The molecule has 2 unspecified atom stereocenters. The average molecular weight is 342 g/mol. The van der Waals surface area contributed by atoms with Crippen molar-refractivity contribution in [2.45, 2.75) is 12.3 Å². The molecule has 1 amide bonds. The van der Waals surface area contributed by atoms with Gasteiger partial charge in [0.25, 0.3) is 0 Å². The van der Waals surface area contributed by atoms with Crippen molar-refractivity contribution in [3.05, 3.63) is 33.8 Å². The summed E-state index contributed by atoms with van der Waals surface area (Å²) in [7, 11) is 0. The molecule has 3 rings (SSSR count). The number of nitrogens with zero attached hydrogens (tertiary/aromatic N) is 1. The average Bonchev–Trinajstić information content (AvgIpc) is 3.31. The normalized spacial score (nSPS) is 25.0. The highest BCUT2D eigenvalue weighted by atomic mass is 35.5. The fourth-order valence-electron chi connectivity index (χ4n) is 3.04. The van der Waals surface area contributed by atoms with E-state index in [0.29, 0.717) is 16.6 Å². The number of amides is 1. The van der Waals surface area contributed by atoms with Crippen molar-refractivity contribution in [2.75, 3.05) is 39.3 Å². The number of hydrogen-bond donors (Lipinski definition) is 2. The van der Waals surface area contributed by atoms with Crippen LogP contribution in [0.3, 0.4) is 0 Å². The minimum absolute atomic E-state index is 0.0407. The molecule has 1 aromatic carbocycles. The fourth-order valence-corrected chi connectivity index (χ4v) is 3.49. The number of benzene rings is 1. The van der Waals surface area contributed by atoms with Gasteiger partial charge in [0.05, 0.1) is 10.0 Å². The highest BCUT2D eigenvalue weighted by Gasteiger charge is 2.44. The molecule has 120 valence electrons. The van der Waals surface area contributed by atoms with Gasteiger partial charge in [-0.25, -0.2) is 0 Å². The third kappa shape index (κ3) is 3.74. The Labute approximate surface area is 141 Å². The van der Waals surface area contributed by atoms with Gasteiger partial charge in [-0.1, -0.05) is 35.3 Å². The van der Waals surface area contributed by atoms with E-state index in [1.807, 2.05) is 12.1 Å². The van der Waals surface area contributed by atoms with Crippen LogP contribution in [0.1, 0.15) is 17.9 Å². The van der Waals surface area contributed by atoms with Crippen LogP contribution in [0.4, 0.5) is 0 Å². The predicted octanol–water partition coefficient (Wildman–Crippen LogP) is 2.12. The van der Waals surface area contributed by atoms with E-state index in [-0.39, 0.29) is 17.7 Å². The van der Waals surface area contributed by atoms with Crippen molar-refractivity contribution in [1.82, 2.24) is 15.5 Å². The molecule has 4 nitrogen and oxygen atoms in total. The number of rotatable bonds is 5. The lowest BCUT2D eigenvalue weighted by Gasteiger charge is -2.27. The maximum Gasteiger partial charge on any atom is 0.223 e. The number of hydrogen-bond acceptors (Lipinski definition) is 3. The molecule has 1 aliphatic heterocycles. The summed E-state index contributed by atoms with van der Waals surface area (Å²) in [6.07, 6.45) is 0.861. The summed E-state index contributed by atoms with van der Waals surface area (Å²) in [5.41, 5.74) is 0.997. The van der Waals surface area contributed by atoms with Crippen LogP contribution in [-0.4, -0.2) is 50.1 Å². The first-order valence-electron chi connectivity index (χ1n) is 7.81. The molecule has 0 bridgehead atoms. The Bertz CT molecular complexity index is 546.